The molecule has 0 bridgehead atoms. The number of hydrogen-bond donors (Lipinski definition) is 2. The number of aryl methyl sites for hydroxylation is 1. The van der Waals surface area contributed by atoms with Gasteiger partial charge in [0.05, 0.1) is 5.69 Å². The Morgan fingerprint density at radius 3 is 2.52 bits per heavy atom. The Labute approximate surface area is 154 Å². The van der Waals surface area contributed by atoms with E-state index in [9.17, 15) is 9.59 Å². The van der Waals surface area contributed by atoms with Gasteiger partial charge in [-0.3, -0.25) is 25.1 Å². The van der Waals surface area contributed by atoms with Crippen molar-refractivity contribution in [2.45, 2.75) is 33.2 Å². The standard InChI is InChI=1S/C17H21BrN4O3/c1-4-22-15(9-14(21-22)11(2)3)17(24)20-19-16(23)10-25-13-7-5-12(18)6-8-13/h5-9,11H,4,10H2,1-3H3,(H,19,23)(H,20,24). The van der Waals surface area contributed by atoms with Crippen LogP contribution in [0.1, 0.15) is 42.9 Å². The quantitative estimate of drug-likeness (QED) is 0.719. The van der Waals surface area contributed by atoms with Crippen LogP contribution in [0, 0.1) is 0 Å². The van der Waals surface area contributed by atoms with E-state index in [0.717, 1.165) is 10.2 Å². The maximum atomic E-state index is 12.2. The van der Waals surface area contributed by atoms with Gasteiger partial charge in [0.15, 0.2) is 6.61 Å². The molecule has 0 unspecified atom stereocenters. The Hall–Kier alpha value is -2.35. The molecule has 134 valence electrons. The normalized spacial score (nSPS) is 10.6. The highest BCUT2D eigenvalue weighted by Gasteiger charge is 2.16. The molecule has 0 aliphatic heterocycles. The van der Waals surface area contributed by atoms with Crippen molar-refractivity contribution in [2.75, 3.05) is 6.61 Å². The van der Waals surface area contributed by atoms with Gasteiger partial charge in [-0.15, -0.1) is 0 Å². The number of halogens is 1. The number of nitrogens with one attached hydrogen (secondary N) is 2. The molecular formula is C17H21BrN4O3. The molecule has 0 atom stereocenters. The van der Waals surface area contributed by atoms with Crippen molar-refractivity contribution in [2.24, 2.45) is 0 Å². The smallest absolute Gasteiger partial charge is 0.287 e. The van der Waals surface area contributed by atoms with E-state index in [1.54, 1.807) is 22.9 Å². The summed E-state index contributed by atoms with van der Waals surface area (Å²) in [6, 6.07) is 8.83. The van der Waals surface area contributed by atoms with E-state index in [2.05, 4.69) is 31.9 Å². The van der Waals surface area contributed by atoms with Crippen LogP contribution in [0.4, 0.5) is 0 Å². The number of carbonyl (C=O) groups excluding carboxylic acids is 2. The summed E-state index contributed by atoms with van der Waals surface area (Å²) in [5, 5.41) is 4.37. The molecule has 1 aromatic carbocycles. The number of ether oxygens (including phenoxy) is 1. The minimum Gasteiger partial charge on any atom is -0.484 e. The number of nitrogens with zero attached hydrogens (tertiary/aromatic N) is 2. The second-order valence-electron chi connectivity index (χ2n) is 5.67. The molecule has 2 N–H and O–H groups in total. The second-order valence-corrected chi connectivity index (χ2v) is 6.59. The number of aromatic nitrogens is 2. The fourth-order valence-electron chi connectivity index (χ4n) is 2.05. The van der Waals surface area contributed by atoms with Crippen LogP contribution in [0.2, 0.25) is 0 Å². The Morgan fingerprint density at radius 2 is 1.92 bits per heavy atom. The van der Waals surface area contributed by atoms with Crippen LogP contribution in [-0.2, 0) is 11.3 Å². The van der Waals surface area contributed by atoms with E-state index >= 15 is 0 Å². The number of carbonyl (C=O) groups is 2. The lowest BCUT2D eigenvalue weighted by Crippen LogP contribution is -2.44. The van der Waals surface area contributed by atoms with E-state index < -0.39 is 11.8 Å². The van der Waals surface area contributed by atoms with Crippen molar-refractivity contribution in [3.63, 3.8) is 0 Å². The van der Waals surface area contributed by atoms with Crippen LogP contribution < -0.4 is 15.6 Å². The molecule has 1 heterocycles. The average Bonchev–Trinajstić information content (AvgIpc) is 3.04. The first-order valence-corrected chi connectivity index (χ1v) is 8.75. The van der Waals surface area contributed by atoms with Crippen molar-refractivity contribution in [3.05, 3.63) is 46.2 Å². The third kappa shape index (κ3) is 5.32. The number of amides is 2. The van der Waals surface area contributed by atoms with Gasteiger partial charge in [-0.2, -0.15) is 5.10 Å². The van der Waals surface area contributed by atoms with Crippen LogP contribution in [-0.4, -0.2) is 28.2 Å². The number of hydrazine groups is 1. The molecule has 7 nitrogen and oxygen atoms in total. The first-order valence-electron chi connectivity index (χ1n) is 7.96. The third-order valence-electron chi connectivity index (χ3n) is 3.42. The van der Waals surface area contributed by atoms with Gasteiger partial charge in [-0.05, 0) is 43.2 Å². The number of rotatable bonds is 6. The largest absolute Gasteiger partial charge is 0.484 e. The van der Waals surface area contributed by atoms with Gasteiger partial charge in [-0.25, -0.2) is 0 Å². The van der Waals surface area contributed by atoms with Gasteiger partial charge in [-0.1, -0.05) is 29.8 Å². The molecule has 0 aliphatic rings. The molecule has 0 saturated carbocycles. The van der Waals surface area contributed by atoms with Gasteiger partial charge in [0.25, 0.3) is 11.8 Å². The fraction of sp³-hybridized carbons (Fsp3) is 0.353. The third-order valence-corrected chi connectivity index (χ3v) is 3.95. The van der Waals surface area contributed by atoms with Gasteiger partial charge in [0.2, 0.25) is 0 Å². The van der Waals surface area contributed by atoms with Crippen molar-refractivity contribution < 1.29 is 14.3 Å². The molecule has 2 aromatic rings. The molecule has 0 radical (unpaired) electrons. The zero-order valence-electron chi connectivity index (χ0n) is 14.4. The van der Waals surface area contributed by atoms with E-state index in [1.165, 1.54) is 0 Å². The molecule has 2 amide bonds. The Balaban J connectivity index is 1.86. The van der Waals surface area contributed by atoms with Crippen LogP contribution in [0.3, 0.4) is 0 Å². The first kappa shape index (κ1) is 19.0. The van der Waals surface area contributed by atoms with E-state index in [0.29, 0.717) is 18.0 Å². The summed E-state index contributed by atoms with van der Waals surface area (Å²) in [7, 11) is 0. The molecule has 0 fully saturated rings. The van der Waals surface area contributed by atoms with Gasteiger partial charge >= 0.3 is 0 Å². The van der Waals surface area contributed by atoms with Crippen LogP contribution >= 0.6 is 15.9 Å². The summed E-state index contributed by atoms with van der Waals surface area (Å²) in [5.41, 5.74) is 5.96. The molecule has 0 saturated heterocycles. The Kier molecular flexibility index (Phi) is 6.58. The highest BCUT2D eigenvalue weighted by molar-refractivity contribution is 9.10. The predicted molar refractivity (Wildman–Crippen MR) is 97.2 cm³/mol. The van der Waals surface area contributed by atoms with Crippen LogP contribution in [0.5, 0.6) is 5.75 Å². The van der Waals surface area contributed by atoms with Crippen LogP contribution in [0.15, 0.2) is 34.8 Å². The van der Waals surface area contributed by atoms with Crippen molar-refractivity contribution in [3.8, 4) is 5.75 Å². The summed E-state index contributed by atoms with van der Waals surface area (Å²) in [4.78, 5) is 24.0. The summed E-state index contributed by atoms with van der Waals surface area (Å²) in [6.07, 6.45) is 0. The lowest BCUT2D eigenvalue weighted by molar-refractivity contribution is -0.123. The molecule has 8 heteroatoms. The molecule has 2 rings (SSSR count). The number of hydrogen-bond acceptors (Lipinski definition) is 4. The average molecular weight is 409 g/mol. The summed E-state index contributed by atoms with van der Waals surface area (Å²) in [5.74, 6) is -0.0929. The zero-order chi connectivity index (χ0) is 18.4. The second kappa shape index (κ2) is 8.66. The summed E-state index contributed by atoms with van der Waals surface area (Å²) < 4.78 is 7.87. The van der Waals surface area contributed by atoms with Gasteiger partial charge < -0.3 is 4.74 Å². The molecule has 0 aliphatic carbocycles. The summed E-state index contributed by atoms with van der Waals surface area (Å²) >= 11 is 3.32. The maximum Gasteiger partial charge on any atom is 0.287 e. The highest BCUT2D eigenvalue weighted by atomic mass is 79.9. The predicted octanol–water partition coefficient (Wildman–Crippen LogP) is 2.63. The minimum absolute atomic E-state index is 0.202. The van der Waals surface area contributed by atoms with E-state index in [-0.39, 0.29) is 12.5 Å². The molecule has 1 aromatic heterocycles. The van der Waals surface area contributed by atoms with Gasteiger partial charge in [0, 0.05) is 11.0 Å². The van der Waals surface area contributed by atoms with E-state index in [1.807, 2.05) is 32.9 Å². The topological polar surface area (TPSA) is 85.3 Å². The minimum atomic E-state index is -0.456. The maximum absolute atomic E-state index is 12.2. The zero-order valence-corrected chi connectivity index (χ0v) is 16.0. The summed E-state index contributed by atoms with van der Waals surface area (Å²) in [6.45, 7) is 6.28. The fourth-order valence-corrected chi connectivity index (χ4v) is 2.31. The molecular weight excluding hydrogens is 388 g/mol. The number of benzene rings is 1. The lowest BCUT2D eigenvalue weighted by Gasteiger charge is -2.09. The van der Waals surface area contributed by atoms with Crippen molar-refractivity contribution in [1.29, 1.82) is 0 Å². The molecule has 0 spiro atoms. The Bertz CT molecular complexity index is 741. The van der Waals surface area contributed by atoms with Crippen LogP contribution in [0.25, 0.3) is 0 Å². The highest BCUT2D eigenvalue weighted by Crippen LogP contribution is 2.16. The van der Waals surface area contributed by atoms with Crippen molar-refractivity contribution >= 4 is 27.7 Å². The van der Waals surface area contributed by atoms with Crippen molar-refractivity contribution in [1.82, 2.24) is 20.6 Å². The lowest BCUT2D eigenvalue weighted by atomic mass is 10.1. The first-order chi connectivity index (χ1) is 11.9. The van der Waals surface area contributed by atoms with Gasteiger partial charge in [0.1, 0.15) is 11.4 Å². The monoisotopic (exact) mass is 408 g/mol. The SMILES string of the molecule is CCn1nc(C(C)C)cc1C(=O)NNC(=O)COc1ccc(Br)cc1. The molecule has 25 heavy (non-hydrogen) atoms. The Morgan fingerprint density at radius 1 is 1.24 bits per heavy atom. The van der Waals surface area contributed by atoms with E-state index in [4.69, 9.17) is 4.74 Å².